The van der Waals surface area contributed by atoms with E-state index in [4.69, 9.17) is 19.3 Å². The van der Waals surface area contributed by atoms with Crippen molar-refractivity contribution < 1.29 is 24.1 Å². The first-order chi connectivity index (χ1) is 9.74. The zero-order chi connectivity index (χ0) is 14.4. The Labute approximate surface area is 117 Å². The van der Waals surface area contributed by atoms with E-state index in [1.165, 1.54) is 0 Å². The van der Waals surface area contributed by atoms with Gasteiger partial charge < -0.3 is 24.2 Å². The molecule has 110 valence electrons. The van der Waals surface area contributed by atoms with Crippen LogP contribution < -0.4 is 9.64 Å². The molecule has 1 aliphatic rings. The van der Waals surface area contributed by atoms with Crippen LogP contribution in [0.4, 0.5) is 5.69 Å². The predicted molar refractivity (Wildman–Crippen MR) is 73.8 cm³/mol. The van der Waals surface area contributed by atoms with Gasteiger partial charge in [0.1, 0.15) is 12.2 Å². The van der Waals surface area contributed by atoms with Gasteiger partial charge in [-0.2, -0.15) is 0 Å². The van der Waals surface area contributed by atoms with Crippen molar-refractivity contribution in [1.29, 1.82) is 0 Å². The van der Waals surface area contributed by atoms with Crippen LogP contribution in [0.15, 0.2) is 18.2 Å². The number of carbonyl (C=O) groups is 1. The molecule has 0 amide bonds. The zero-order valence-electron chi connectivity index (χ0n) is 11.5. The summed E-state index contributed by atoms with van der Waals surface area (Å²) in [5.41, 5.74) is 1.01. The van der Waals surface area contributed by atoms with E-state index in [0.29, 0.717) is 38.7 Å². The smallest absolute Gasteiger partial charge is 0.339 e. The van der Waals surface area contributed by atoms with Crippen LogP contribution in [0.3, 0.4) is 0 Å². The van der Waals surface area contributed by atoms with E-state index in [9.17, 15) is 4.79 Å². The molecule has 0 fully saturated rings. The molecule has 0 saturated heterocycles. The minimum atomic E-state index is -0.972. The van der Waals surface area contributed by atoms with Crippen molar-refractivity contribution in [2.45, 2.75) is 0 Å². The van der Waals surface area contributed by atoms with Crippen molar-refractivity contribution in [3.05, 3.63) is 23.8 Å². The Morgan fingerprint density at radius 1 is 1.40 bits per heavy atom. The molecule has 1 aliphatic heterocycles. The number of carboxylic acid groups (broad SMARTS) is 1. The van der Waals surface area contributed by atoms with E-state index in [0.717, 1.165) is 12.2 Å². The molecule has 0 bridgehead atoms. The van der Waals surface area contributed by atoms with Crippen molar-refractivity contribution in [3.63, 3.8) is 0 Å². The topological polar surface area (TPSA) is 68.2 Å². The van der Waals surface area contributed by atoms with Crippen LogP contribution >= 0.6 is 0 Å². The van der Waals surface area contributed by atoms with Crippen LogP contribution in [0.2, 0.25) is 0 Å². The van der Waals surface area contributed by atoms with Gasteiger partial charge >= 0.3 is 5.97 Å². The number of rotatable bonds is 7. The van der Waals surface area contributed by atoms with E-state index in [1.807, 2.05) is 6.07 Å². The molecule has 0 aromatic heterocycles. The number of methoxy groups -OCH3 is 1. The number of anilines is 1. The molecule has 1 aromatic carbocycles. The van der Waals surface area contributed by atoms with E-state index in [-0.39, 0.29) is 5.56 Å². The highest BCUT2D eigenvalue weighted by molar-refractivity contribution is 5.93. The second-order valence-corrected chi connectivity index (χ2v) is 4.40. The fourth-order valence-corrected chi connectivity index (χ4v) is 2.12. The second-order valence-electron chi connectivity index (χ2n) is 4.40. The quantitative estimate of drug-likeness (QED) is 0.759. The molecule has 0 aliphatic carbocycles. The highest BCUT2D eigenvalue weighted by Gasteiger charge is 2.23. The number of hydrogen-bond acceptors (Lipinski definition) is 5. The summed E-state index contributed by atoms with van der Waals surface area (Å²) in [5.74, 6) is -0.525. The molecule has 0 saturated carbocycles. The highest BCUT2D eigenvalue weighted by Crippen LogP contribution is 2.34. The van der Waals surface area contributed by atoms with Crippen LogP contribution in [0.5, 0.6) is 5.75 Å². The summed E-state index contributed by atoms with van der Waals surface area (Å²) < 4.78 is 15.9. The number of fused-ring (bicyclic) bond motifs is 1. The molecule has 1 heterocycles. The fourth-order valence-electron chi connectivity index (χ4n) is 2.12. The molecular formula is C14H19NO5. The van der Waals surface area contributed by atoms with Gasteiger partial charge in [0.15, 0.2) is 5.75 Å². The molecule has 6 heteroatoms. The summed E-state index contributed by atoms with van der Waals surface area (Å²) in [6, 6.07) is 5.16. The summed E-state index contributed by atoms with van der Waals surface area (Å²) in [4.78, 5) is 13.3. The number of para-hydroxylation sites is 1. The van der Waals surface area contributed by atoms with Gasteiger partial charge in [0.05, 0.1) is 32.1 Å². The summed E-state index contributed by atoms with van der Waals surface area (Å²) in [5, 5.41) is 9.16. The normalized spacial score (nSPS) is 13.8. The van der Waals surface area contributed by atoms with Crippen molar-refractivity contribution >= 4 is 11.7 Å². The van der Waals surface area contributed by atoms with E-state index in [1.54, 1.807) is 19.2 Å². The maximum Gasteiger partial charge on any atom is 0.339 e. The van der Waals surface area contributed by atoms with Gasteiger partial charge in [0.25, 0.3) is 0 Å². The summed E-state index contributed by atoms with van der Waals surface area (Å²) >= 11 is 0. The number of carboxylic acids is 1. The van der Waals surface area contributed by atoms with E-state index >= 15 is 0 Å². The number of hydrogen-bond donors (Lipinski definition) is 1. The summed E-state index contributed by atoms with van der Waals surface area (Å²) in [7, 11) is 1.63. The van der Waals surface area contributed by atoms with Gasteiger partial charge in [-0.1, -0.05) is 6.07 Å². The van der Waals surface area contributed by atoms with E-state index < -0.39 is 5.97 Å². The van der Waals surface area contributed by atoms with Crippen molar-refractivity contribution in [1.82, 2.24) is 0 Å². The molecule has 0 unspecified atom stereocenters. The van der Waals surface area contributed by atoms with Gasteiger partial charge in [0.2, 0.25) is 0 Å². The molecule has 2 rings (SSSR count). The predicted octanol–water partition coefficient (Wildman–Crippen LogP) is 1.25. The second kappa shape index (κ2) is 7.12. The number of nitrogens with zero attached hydrogens (tertiary/aromatic N) is 1. The number of aromatic carboxylic acids is 1. The van der Waals surface area contributed by atoms with Crippen LogP contribution in [0.25, 0.3) is 0 Å². The SMILES string of the molecule is COCCOCCN1CCOc2c(C(=O)O)cccc21. The Morgan fingerprint density at radius 2 is 2.25 bits per heavy atom. The average molecular weight is 281 g/mol. The molecule has 6 nitrogen and oxygen atoms in total. The Kier molecular flexibility index (Phi) is 5.20. The minimum absolute atomic E-state index is 0.201. The largest absolute Gasteiger partial charge is 0.489 e. The van der Waals surface area contributed by atoms with Crippen molar-refractivity contribution in [2.75, 3.05) is 51.5 Å². The van der Waals surface area contributed by atoms with Gasteiger partial charge in [0, 0.05) is 13.7 Å². The lowest BCUT2D eigenvalue weighted by molar-refractivity contribution is 0.0691. The summed E-state index contributed by atoms with van der Waals surface area (Å²) in [6.07, 6.45) is 0. The van der Waals surface area contributed by atoms with Gasteiger partial charge in [-0.3, -0.25) is 0 Å². The standard InChI is InChI=1S/C14H19NO5/c1-18-9-10-19-7-5-15-6-8-20-13-11(14(16)17)3-2-4-12(13)15/h2-4H,5-10H2,1H3,(H,16,17). The Bertz CT molecular complexity index is 463. The van der Waals surface area contributed by atoms with Crippen LogP contribution in [0.1, 0.15) is 10.4 Å². The third kappa shape index (κ3) is 3.40. The Hall–Kier alpha value is -1.79. The summed E-state index contributed by atoms with van der Waals surface area (Å²) in [6.45, 7) is 3.61. The third-order valence-electron chi connectivity index (χ3n) is 3.11. The monoisotopic (exact) mass is 281 g/mol. The zero-order valence-corrected chi connectivity index (χ0v) is 11.5. The Morgan fingerprint density at radius 3 is 3.00 bits per heavy atom. The lowest BCUT2D eigenvalue weighted by Crippen LogP contribution is -2.36. The number of ether oxygens (including phenoxy) is 3. The first kappa shape index (κ1) is 14.6. The molecule has 20 heavy (non-hydrogen) atoms. The van der Waals surface area contributed by atoms with E-state index in [2.05, 4.69) is 4.90 Å². The van der Waals surface area contributed by atoms with Gasteiger partial charge in [-0.15, -0.1) is 0 Å². The van der Waals surface area contributed by atoms with Crippen LogP contribution in [-0.2, 0) is 9.47 Å². The molecule has 0 radical (unpaired) electrons. The molecular weight excluding hydrogens is 262 g/mol. The van der Waals surface area contributed by atoms with Gasteiger partial charge in [-0.25, -0.2) is 4.79 Å². The van der Waals surface area contributed by atoms with Crippen molar-refractivity contribution in [3.8, 4) is 5.75 Å². The maximum absolute atomic E-state index is 11.2. The Balaban J connectivity index is 2.01. The molecule has 1 aromatic rings. The first-order valence-electron chi connectivity index (χ1n) is 6.54. The third-order valence-corrected chi connectivity index (χ3v) is 3.11. The fraction of sp³-hybridized carbons (Fsp3) is 0.500. The first-order valence-corrected chi connectivity index (χ1v) is 6.54. The number of benzene rings is 1. The molecule has 1 N–H and O–H groups in total. The van der Waals surface area contributed by atoms with Crippen molar-refractivity contribution in [2.24, 2.45) is 0 Å². The lowest BCUT2D eigenvalue weighted by Gasteiger charge is -2.31. The molecule has 0 atom stereocenters. The van der Waals surface area contributed by atoms with Crippen LogP contribution in [0, 0.1) is 0 Å². The van der Waals surface area contributed by atoms with Crippen LogP contribution in [-0.4, -0.2) is 57.7 Å². The highest BCUT2D eigenvalue weighted by atomic mass is 16.5. The molecule has 0 spiro atoms. The lowest BCUT2D eigenvalue weighted by atomic mass is 10.1. The average Bonchev–Trinajstić information content (AvgIpc) is 2.46. The van der Waals surface area contributed by atoms with Gasteiger partial charge in [-0.05, 0) is 12.1 Å². The minimum Gasteiger partial charge on any atom is -0.489 e. The maximum atomic E-state index is 11.2.